The van der Waals surface area contributed by atoms with Gasteiger partial charge in [-0.25, -0.2) is 4.98 Å². The van der Waals surface area contributed by atoms with Crippen molar-refractivity contribution in [3.05, 3.63) is 81.8 Å². The number of primary amides is 1. The first kappa shape index (κ1) is 19.6. The number of hydrogen-bond acceptors (Lipinski definition) is 5. The van der Waals surface area contributed by atoms with Gasteiger partial charge in [0.2, 0.25) is 11.8 Å². The molecule has 6 nitrogen and oxygen atoms in total. The highest BCUT2D eigenvalue weighted by Crippen LogP contribution is 2.17. The van der Waals surface area contributed by atoms with Gasteiger partial charge in [0.25, 0.3) is 0 Å². The minimum atomic E-state index is -0.864. The number of aryl methyl sites for hydroxylation is 1. The van der Waals surface area contributed by atoms with Crippen LogP contribution in [0.5, 0.6) is 5.75 Å². The molecule has 28 heavy (non-hydrogen) atoms. The number of nitrogens with two attached hydrogens (primary N) is 1. The lowest BCUT2D eigenvalue weighted by Crippen LogP contribution is -2.38. The molecule has 0 bridgehead atoms. The maximum absolute atomic E-state index is 12.3. The third-order valence-electron chi connectivity index (χ3n) is 4.05. The van der Waals surface area contributed by atoms with Gasteiger partial charge in [-0.1, -0.05) is 48.0 Å². The highest BCUT2D eigenvalue weighted by atomic mass is 32.1. The number of ether oxygens (including phenoxy) is 1. The fraction of sp³-hybridized carbons (Fsp3) is 0.190. The number of carbonyl (C=O) groups excluding carboxylic acids is 2. The number of nitrogens with zero attached hydrogens (tertiary/aromatic N) is 1. The van der Waals surface area contributed by atoms with Crippen LogP contribution in [0.15, 0.2) is 60.0 Å². The van der Waals surface area contributed by atoms with E-state index in [2.05, 4.69) is 10.3 Å². The van der Waals surface area contributed by atoms with Crippen molar-refractivity contribution in [2.45, 2.75) is 26.0 Å². The molecule has 0 fully saturated rings. The van der Waals surface area contributed by atoms with Gasteiger partial charge in [0, 0.05) is 5.38 Å². The smallest absolute Gasteiger partial charge is 0.244 e. The Morgan fingerprint density at radius 2 is 1.86 bits per heavy atom. The summed E-state index contributed by atoms with van der Waals surface area (Å²) >= 11 is 1.43. The molecule has 0 saturated heterocycles. The van der Waals surface area contributed by atoms with Crippen LogP contribution in [-0.2, 0) is 22.6 Å². The number of benzene rings is 2. The van der Waals surface area contributed by atoms with Gasteiger partial charge in [-0.3, -0.25) is 9.59 Å². The Kier molecular flexibility index (Phi) is 6.39. The first-order chi connectivity index (χ1) is 13.5. The lowest BCUT2D eigenvalue weighted by molar-refractivity contribution is -0.127. The molecule has 3 rings (SSSR count). The fourth-order valence-corrected chi connectivity index (χ4v) is 3.32. The van der Waals surface area contributed by atoms with Crippen LogP contribution in [0.2, 0.25) is 0 Å². The second-order valence-corrected chi connectivity index (χ2v) is 7.27. The van der Waals surface area contributed by atoms with Gasteiger partial charge >= 0.3 is 0 Å². The molecule has 144 valence electrons. The van der Waals surface area contributed by atoms with E-state index in [9.17, 15) is 9.59 Å². The van der Waals surface area contributed by atoms with E-state index in [0.29, 0.717) is 17.9 Å². The molecule has 0 aliphatic carbocycles. The SMILES string of the molecule is Cc1ccc(OCc2nc(CC(=O)NC(C(N)=O)c3ccccc3)cs2)cc1. The summed E-state index contributed by atoms with van der Waals surface area (Å²) in [5.74, 6) is -0.152. The van der Waals surface area contributed by atoms with E-state index in [-0.39, 0.29) is 12.3 Å². The molecule has 3 aromatic rings. The zero-order chi connectivity index (χ0) is 19.9. The second kappa shape index (κ2) is 9.14. The third kappa shape index (κ3) is 5.40. The Hall–Kier alpha value is -3.19. The maximum Gasteiger partial charge on any atom is 0.244 e. The Balaban J connectivity index is 1.55. The van der Waals surface area contributed by atoms with Crippen molar-refractivity contribution in [1.82, 2.24) is 10.3 Å². The van der Waals surface area contributed by atoms with Crippen molar-refractivity contribution < 1.29 is 14.3 Å². The second-order valence-electron chi connectivity index (χ2n) is 6.32. The standard InChI is InChI=1S/C21H21N3O3S/c1-14-7-9-17(10-8-14)27-12-19-23-16(13-28-19)11-18(25)24-20(21(22)26)15-5-3-2-4-6-15/h2-10,13,20H,11-12H2,1H3,(H2,22,26)(H,24,25). The number of thiazole rings is 1. The maximum atomic E-state index is 12.3. The molecule has 0 saturated carbocycles. The molecule has 1 heterocycles. The summed E-state index contributed by atoms with van der Waals surface area (Å²) in [4.78, 5) is 28.5. The van der Waals surface area contributed by atoms with Crippen LogP contribution in [0.1, 0.15) is 27.9 Å². The molecule has 0 aliphatic rings. The van der Waals surface area contributed by atoms with Crippen LogP contribution in [-0.4, -0.2) is 16.8 Å². The third-order valence-corrected chi connectivity index (χ3v) is 4.92. The summed E-state index contributed by atoms with van der Waals surface area (Å²) in [6.07, 6.45) is 0.0671. The molecular weight excluding hydrogens is 374 g/mol. The van der Waals surface area contributed by atoms with Crippen LogP contribution < -0.4 is 15.8 Å². The van der Waals surface area contributed by atoms with Crippen molar-refractivity contribution in [2.75, 3.05) is 0 Å². The van der Waals surface area contributed by atoms with Crippen LogP contribution >= 0.6 is 11.3 Å². The minimum Gasteiger partial charge on any atom is -0.486 e. The van der Waals surface area contributed by atoms with Gasteiger partial charge < -0.3 is 15.8 Å². The largest absolute Gasteiger partial charge is 0.486 e. The van der Waals surface area contributed by atoms with Gasteiger partial charge in [0.15, 0.2) is 0 Å². The van der Waals surface area contributed by atoms with Crippen LogP contribution in [0.4, 0.5) is 0 Å². The highest BCUT2D eigenvalue weighted by Gasteiger charge is 2.20. The van der Waals surface area contributed by atoms with E-state index in [1.807, 2.05) is 42.6 Å². The van der Waals surface area contributed by atoms with Crippen molar-refractivity contribution in [3.63, 3.8) is 0 Å². The molecule has 0 spiro atoms. The van der Waals surface area contributed by atoms with Crippen LogP contribution in [0.3, 0.4) is 0 Å². The summed E-state index contributed by atoms with van der Waals surface area (Å²) < 4.78 is 5.71. The first-order valence-electron chi connectivity index (χ1n) is 8.77. The Morgan fingerprint density at radius 1 is 1.14 bits per heavy atom. The van der Waals surface area contributed by atoms with E-state index in [0.717, 1.165) is 10.8 Å². The predicted molar refractivity (Wildman–Crippen MR) is 108 cm³/mol. The normalized spacial score (nSPS) is 11.6. The van der Waals surface area contributed by atoms with Gasteiger partial charge in [-0.2, -0.15) is 0 Å². The quantitative estimate of drug-likeness (QED) is 0.613. The zero-order valence-electron chi connectivity index (χ0n) is 15.4. The van der Waals surface area contributed by atoms with Gasteiger partial charge in [0.1, 0.15) is 23.4 Å². The molecule has 0 aliphatic heterocycles. The molecule has 7 heteroatoms. The molecule has 1 unspecified atom stereocenters. The molecule has 2 aromatic carbocycles. The van der Waals surface area contributed by atoms with Crippen LogP contribution in [0, 0.1) is 6.92 Å². The van der Waals surface area contributed by atoms with Crippen LogP contribution in [0.25, 0.3) is 0 Å². The number of amides is 2. The number of aromatic nitrogens is 1. The van der Waals surface area contributed by atoms with E-state index in [1.165, 1.54) is 16.9 Å². The number of rotatable bonds is 8. The molecule has 3 N–H and O–H groups in total. The number of nitrogens with one attached hydrogen (secondary N) is 1. The summed E-state index contributed by atoms with van der Waals surface area (Å²) in [5, 5.41) is 5.26. The van der Waals surface area contributed by atoms with Gasteiger partial charge in [-0.05, 0) is 24.6 Å². The van der Waals surface area contributed by atoms with E-state index < -0.39 is 11.9 Å². The van der Waals surface area contributed by atoms with E-state index in [4.69, 9.17) is 10.5 Å². The molecule has 0 radical (unpaired) electrons. The average molecular weight is 395 g/mol. The summed E-state index contributed by atoms with van der Waals surface area (Å²) in [6, 6.07) is 15.8. The van der Waals surface area contributed by atoms with E-state index in [1.54, 1.807) is 24.3 Å². The summed E-state index contributed by atoms with van der Waals surface area (Å²) in [6.45, 7) is 2.35. The Morgan fingerprint density at radius 3 is 2.54 bits per heavy atom. The Bertz CT molecular complexity index is 939. The minimum absolute atomic E-state index is 0.0671. The van der Waals surface area contributed by atoms with Crippen molar-refractivity contribution in [2.24, 2.45) is 5.73 Å². The number of carbonyl (C=O) groups is 2. The molecule has 2 amide bonds. The predicted octanol–water partition coefficient (Wildman–Crippen LogP) is 2.92. The monoisotopic (exact) mass is 395 g/mol. The number of hydrogen-bond donors (Lipinski definition) is 2. The topological polar surface area (TPSA) is 94.3 Å². The fourth-order valence-electron chi connectivity index (χ4n) is 2.62. The van der Waals surface area contributed by atoms with E-state index >= 15 is 0 Å². The van der Waals surface area contributed by atoms with Crippen molar-refractivity contribution >= 4 is 23.2 Å². The van der Waals surface area contributed by atoms with Crippen molar-refractivity contribution in [1.29, 1.82) is 0 Å². The van der Waals surface area contributed by atoms with Gasteiger partial charge in [0.05, 0.1) is 12.1 Å². The highest BCUT2D eigenvalue weighted by molar-refractivity contribution is 7.09. The lowest BCUT2D eigenvalue weighted by Gasteiger charge is -2.15. The zero-order valence-corrected chi connectivity index (χ0v) is 16.2. The lowest BCUT2D eigenvalue weighted by atomic mass is 10.1. The van der Waals surface area contributed by atoms with Gasteiger partial charge in [-0.15, -0.1) is 11.3 Å². The van der Waals surface area contributed by atoms with Crippen molar-refractivity contribution in [3.8, 4) is 5.75 Å². The Labute approximate surface area is 167 Å². The molecular formula is C21H21N3O3S. The molecule has 1 aromatic heterocycles. The molecule has 1 atom stereocenters. The summed E-state index contributed by atoms with van der Waals surface area (Å²) in [5.41, 5.74) is 7.87. The average Bonchev–Trinajstić information content (AvgIpc) is 3.13. The first-order valence-corrected chi connectivity index (χ1v) is 9.65. The summed E-state index contributed by atoms with van der Waals surface area (Å²) in [7, 11) is 0.